The van der Waals surface area contributed by atoms with Gasteiger partial charge in [-0.25, -0.2) is 4.79 Å². The van der Waals surface area contributed by atoms with Crippen LogP contribution in [0.25, 0.3) is 0 Å². The lowest BCUT2D eigenvalue weighted by molar-refractivity contribution is -0.138. The van der Waals surface area contributed by atoms with E-state index in [0.29, 0.717) is 19.1 Å². The Morgan fingerprint density at radius 3 is 2.25 bits per heavy atom. The Morgan fingerprint density at radius 1 is 1.10 bits per heavy atom. The quantitative estimate of drug-likeness (QED) is 0.837. The van der Waals surface area contributed by atoms with Crippen LogP contribution in [0.15, 0.2) is 0 Å². The van der Waals surface area contributed by atoms with Crippen molar-refractivity contribution in [3.05, 3.63) is 0 Å². The first-order valence-corrected chi connectivity index (χ1v) is 7.39. The molecule has 2 saturated heterocycles. The molecule has 0 bridgehead atoms. The highest BCUT2D eigenvalue weighted by atomic mass is 16.4. The molecule has 6 nitrogen and oxygen atoms in total. The number of hydrogen-bond donors (Lipinski definition) is 1. The Kier molecular flexibility index (Phi) is 4.86. The van der Waals surface area contributed by atoms with E-state index in [1.807, 2.05) is 9.80 Å². The van der Waals surface area contributed by atoms with Crippen LogP contribution in [0.5, 0.6) is 0 Å². The van der Waals surface area contributed by atoms with E-state index in [4.69, 9.17) is 5.11 Å². The fourth-order valence-corrected chi connectivity index (χ4v) is 3.19. The minimum absolute atomic E-state index is 0.0927. The molecule has 1 atom stereocenters. The second kappa shape index (κ2) is 6.43. The number of rotatable bonds is 3. The maximum absolute atomic E-state index is 12.4. The van der Waals surface area contributed by atoms with Crippen LogP contribution in [0.1, 0.15) is 25.7 Å². The van der Waals surface area contributed by atoms with Gasteiger partial charge in [0, 0.05) is 38.6 Å². The fourth-order valence-electron chi connectivity index (χ4n) is 3.19. The van der Waals surface area contributed by atoms with Crippen LogP contribution in [0.3, 0.4) is 0 Å². The monoisotopic (exact) mass is 283 g/mol. The van der Waals surface area contributed by atoms with Crippen molar-refractivity contribution >= 4 is 12.0 Å². The predicted molar refractivity (Wildman–Crippen MR) is 75.6 cm³/mol. The first-order chi connectivity index (χ1) is 9.47. The standard InChI is InChI=1S/C14H25N3O3/c1-15(2)12-4-7-16(8-5-12)14(20)17-6-3-11(10-17)9-13(18)19/h11-12H,3-10H2,1-2H3,(H,18,19). The number of amides is 2. The van der Waals surface area contributed by atoms with E-state index in [-0.39, 0.29) is 18.4 Å². The molecule has 2 fully saturated rings. The summed E-state index contributed by atoms with van der Waals surface area (Å²) in [5.74, 6) is -0.646. The van der Waals surface area contributed by atoms with Crippen LogP contribution in [0.2, 0.25) is 0 Å². The van der Waals surface area contributed by atoms with Crippen LogP contribution >= 0.6 is 0 Å². The van der Waals surface area contributed by atoms with Crippen molar-refractivity contribution in [1.82, 2.24) is 14.7 Å². The average molecular weight is 283 g/mol. The molecule has 0 saturated carbocycles. The van der Waals surface area contributed by atoms with Gasteiger partial charge in [0.1, 0.15) is 0 Å². The number of likely N-dealkylation sites (tertiary alicyclic amines) is 2. The normalized spacial score (nSPS) is 24.4. The van der Waals surface area contributed by atoms with Crippen molar-refractivity contribution in [2.24, 2.45) is 5.92 Å². The summed E-state index contributed by atoms with van der Waals surface area (Å²) in [4.78, 5) is 29.1. The van der Waals surface area contributed by atoms with E-state index in [0.717, 1.165) is 32.4 Å². The highest BCUT2D eigenvalue weighted by molar-refractivity contribution is 5.75. The number of aliphatic carboxylic acids is 1. The van der Waals surface area contributed by atoms with Gasteiger partial charge in [0.25, 0.3) is 0 Å². The summed E-state index contributed by atoms with van der Waals surface area (Å²) in [6.45, 7) is 2.91. The van der Waals surface area contributed by atoms with Gasteiger partial charge in [-0.05, 0) is 39.3 Å². The summed E-state index contributed by atoms with van der Waals surface area (Å²) in [7, 11) is 4.16. The lowest BCUT2D eigenvalue weighted by atomic mass is 10.0. The highest BCUT2D eigenvalue weighted by Gasteiger charge is 2.32. The highest BCUT2D eigenvalue weighted by Crippen LogP contribution is 2.22. The van der Waals surface area contributed by atoms with E-state index < -0.39 is 5.97 Å². The van der Waals surface area contributed by atoms with E-state index in [1.165, 1.54) is 0 Å². The van der Waals surface area contributed by atoms with Crippen LogP contribution in [-0.2, 0) is 4.79 Å². The summed E-state index contributed by atoms with van der Waals surface area (Å²) in [5, 5.41) is 8.81. The van der Waals surface area contributed by atoms with Gasteiger partial charge < -0.3 is 19.8 Å². The minimum Gasteiger partial charge on any atom is -0.481 e. The molecule has 2 heterocycles. The molecular weight excluding hydrogens is 258 g/mol. The largest absolute Gasteiger partial charge is 0.481 e. The van der Waals surface area contributed by atoms with Gasteiger partial charge in [0.2, 0.25) is 0 Å². The van der Waals surface area contributed by atoms with E-state index in [1.54, 1.807) is 0 Å². The third-order valence-corrected chi connectivity index (χ3v) is 4.48. The number of carboxylic acids is 1. The number of carbonyl (C=O) groups excluding carboxylic acids is 1. The molecule has 0 spiro atoms. The van der Waals surface area contributed by atoms with E-state index in [2.05, 4.69) is 19.0 Å². The van der Waals surface area contributed by atoms with E-state index in [9.17, 15) is 9.59 Å². The van der Waals surface area contributed by atoms with Gasteiger partial charge in [-0.1, -0.05) is 0 Å². The molecule has 1 unspecified atom stereocenters. The molecule has 0 radical (unpaired) electrons. The second-order valence-electron chi connectivity index (χ2n) is 6.16. The topological polar surface area (TPSA) is 64.1 Å². The molecule has 2 rings (SSSR count). The zero-order chi connectivity index (χ0) is 14.7. The number of carboxylic acid groups (broad SMARTS) is 1. The van der Waals surface area contributed by atoms with Gasteiger partial charge >= 0.3 is 12.0 Å². The molecule has 0 aromatic carbocycles. The summed E-state index contributed by atoms with van der Waals surface area (Å²) in [5.41, 5.74) is 0. The second-order valence-corrected chi connectivity index (χ2v) is 6.16. The third kappa shape index (κ3) is 3.62. The Morgan fingerprint density at radius 2 is 1.70 bits per heavy atom. The van der Waals surface area contributed by atoms with Crippen molar-refractivity contribution in [3.8, 4) is 0 Å². The van der Waals surface area contributed by atoms with Gasteiger partial charge in [-0.15, -0.1) is 0 Å². The fraction of sp³-hybridized carbons (Fsp3) is 0.857. The zero-order valence-electron chi connectivity index (χ0n) is 12.4. The lowest BCUT2D eigenvalue weighted by Crippen LogP contribution is -2.49. The Balaban J connectivity index is 1.80. The molecule has 0 aromatic rings. The summed E-state index contributed by atoms with van der Waals surface area (Å²) >= 11 is 0. The molecule has 20 heavy (non-hydrogen) atoms. The molecule has 6 heteroatoms. The number of hydrogen-bond acceptors (Lipinski definition) is 3. The van der Waals surface area contributed by atoms with Crippen LogP contribution < -0.4 is 0 Å². The van der Waals surface area contributed by atoms with Crippen LogP contribution in [0, 0.1) is 5.92 Å². The van der Waals surface area contributed by atoms with Gasteiger partial charge in [0.05, 0.1) is 0 Å². The van der Waals surface area contributed by atoms with Crippen molar-refractivity contribution in [3.63, 3.8) is 0 Å². The number of carbonyl (C=O) groups is 2. The molecule has 114 valence electrons. The summed E-state index contributed by atoms with van der Waals surface area (Å²) in [6, 6.07) is 0.660. The first kappa shape index (κ1) is 15.1. The van der Waals surface area contributed by atoms with E-state index >= 15 is 0 Å². The van der Waals surface area contributed by atoms with Gasteiger partial charge in [-0.2, -0.15) is 0 Å². The predicted octanol–water partition coefficient (Wildman–Crippen LogP) is 0.929. The van der Waals surface area contributed by atoms with Crippen molar-refractivity contribution in [2.75, 3.05) is 40.3 Å². The Bertz CT molecular complexity index is 365. The SMILES string of the molecule is CN(C)C1CCN(C(=O)N2CCC(CC(=O)O)C2)CC1. The first-order valence-electron chi connectivity index (χ1n) is 7.39. The molecule has 2 amide bonds. The van der Waals surface area contributed by atoms with Crippen molar-refractivity contribution < 1.29 is 14.7 Å². The number of urea groups is 1. The molecule has 1 N–H and O–H groups in total. The Hall–Kier alpha value is -1.30. The zero-order valence-corrected chi connectivity index (χ0v) is 12.4. The minimum atomic E-state index is -0.768. The van der Waals surface area contributed by atoms with Gasteiger partial charge in [-0.3, -0.25) is 4.79 Å². The molecule has 0 aliphatic carbocycles. The van der Waals surface area contributed by atoms with Crippen molar-refractivity contribution in [1.29, 1.82) is 0 Å². The Labute approximate surface area is 120 Å². The maximum atomic E-state index is 12.4. The average Bonchev–Trinajstić information content (AvgIpc) is 2.85. The maximum Gasteiger partial charge on any atom is 0.320 e. The third-order valence-electron chi connectivity index (χ3n) is 4.48. The molecule has 2 aliphatic heterocycles. The van der Waals surface area contributed by atoms with Crippen LogP contribution in [-0.4, -0.2) is 78.1 Å². The van der Waals surface area contributed by atoms with Gasteiger partial charge in [0.15, 0.2) is 0 Å². The molecule has 0 aromatic heterocycles. The number of piperidine rings is 1. The summed E-state index contributed by atoms with van der Waals surface area (Å²) in [6.07, 6.45) is 3.02. The van der Waals surface area contributed by atoms with Crippen LogP contribution in [0.4, 0.5) is 4.79 Å². The number of nitrogens with zero attached hydrogens (tertiary/aromatic N) is 3. The van der Waals surface area contributed by atoms with Crippen molar-refractivity contribution in [2.45, 2.75) is 31.7 Å². The smallest absolute Gasteiger partial charge is 0.320 e. The molecular formula is C14H25N3O3. The lowest BCUT2D eigenvalue weighted by Gasteiger charge is -2.37. The summed E-state index contributed by atoms with van der Waals surface area (Å²) < 4.78 is 0. The molecule has 2 aliphatic rings.